The normalized spacial score (nSPS) is 25.0. The van der Waals surface area contributed by atoms with Crippen molar-refractivity contribution in [1.82, 2.24) is 4.90 Å². The van der Waals surface area contributed by atoms with Crippen molar-refractivity contribution >= 4 is 17.5 Å². The van der Waals surface area contributed by atoms with Crippen LogP contribution in [0.4, 0.5) is 5.69 Å². The summed E-state index contributed by atoms with van der Waals surface area (Å²) in [5.41, 5.74) is 2.31. The van der Waals surface area contributed by atoms with Crippen LogP contribution in [-0.2, 0) is 16.0 Å². The SMILES string of the molecule is O=C(C1CCCCC1)N1CC(=O)N2c3ccccc3CCC2C1. The minimum absolute atomic E-state index is 0.0811. The summed E-state index contributed by atoms with van der Waals surface area (Å²) in [7, 11) is 0. The minimum atomic E-state index is 0.0811. The van der Waals surface area contributed by atoms with Crippen LogP contribution in [0.5, 0.6) is 0 Å². The first-order valence-corrected chi connectivity index (χ1v) is 8.93. The summed E-state index contributed by atoms with van der Waals surface area (Å²) in [6.45, 7) is 0.954. The maximum Gasteiger partial charge on any atom is 0.246 e. The summed E-state index contributed by atoms with van der Waals surface area (Å²) in [6.07, 6.45) is 7.51. The fourth-order valence-corrected chi connectivity index (χ4v) is 4.45. The molecule has 0 bridgehead atoms. The molecular weight excluding hydrogens is 288 g/mol. The first-order valence-electron chi connectivity index (χ1n) is 8.93. The molecule has 4 nitrogen and oxygen atoms in total. The first-order chi connectivity index (χ1) is 11.2. The number of amides is 2. The van der Waals surface area contributed by atoms with E-state index in [-0.39, 0.29) is 30.3 Å². The lowest BCUT2D eigenvalue weighted by Crippen LogP contribution is -2.60. The number of hydrogen-bond acceptors (Lipinski definition) is 2. The molecule has 1 saturated heterocycles. The van der Waals surface area contributed by atoms with Crippen molar-refractivity contribution in [3.8, 4) is 0 Å². The molecule has 4 rings (SSSR count). The third-order valence-corrected chi connectivity index (χ3v) is 5.66. The second kappa shape index (κ2) is 5.99. The average Bonchev–Trinajstić information content (AvgIpc) is 2.61. The van der Waals surface area contributed by atoms with Gasteiger partial charge in [-0.25, -0.2) is 0 Å². The molecule has 1 aromatic rings. The fourth-order valence-electron chi connectivity index (χ4n) is 4.45. The van der Waals surface area contributed by atoms with Gasteiger partial charge in [-0.15, -0.1) is 0 Å². The Labute approximate surface area is 137 Å². The maximum absolute atomic E-state index is 12.8. The van der Waals surface area contributed by atoms with Crippen LogP contribution in [0.2, 0.25) is 0 Å². The van der Waals surface area contributed by atoms with E-state index < -0.39 is 0 Å². The van der Waals surface area contributed by atoms with Gasteiger partial charge in [-0.2, -0.15) is 0 Å². The summed E-state index contributed by atoms with van der Waals surface area (Å²) in [4.78, 5) is 29.3. The van der Waals surface area contributed by atoms with Crippen molar-refractivity contribution in [3.05, 3.63) is 29.8 Å². The molecule has 3 aliphatic rings. The Kier molecular flexibility index (Phi) is 3.83. The van der Waals surface area contributed by atoms with Crippen LogP contribution in [-0.4, -0.2) is 35.8 Å². The summed E-state index contributed by atoms with van der Waals surface area (Å²) >= 11 is 0. The van der Waals surface area contributed by atoms with Crippen LogP contribution in [0.25, 0.3) is 0 Å². The zero-order valence-electron chi connectivity index (χ0n) is 13.5. The summed E-state index contributed by atoms with van der Waals surface area (Å²) in [5.74, 6) is 0.452. The smallest absolute Gasteiger partial charge is 0.246 e. The molecule has 2 amide bonds. The predicted octanol–water partition coefficient (Wildman–Crippen LogP) is 2.76. The Morgan fingerprint density at radius 1 is 1.04 bits per heavy atom. The Morgan fingerprint density at radius 2 is 1.83 bits per heavy atom. The molecule has 0 N–H and O–H groups in total. The van der Waals surface area contributed by atoms with Crippen molar-refractivity contribution in [2.45, 2.75) is 51.0 Å². The molecule has 0 radical (unpaired) electrons. The van der Waals surface area contributed by atoms with Crippen molar-refractivity contribution in [3.63, 3.8) is 0 Å². The Hall–Kier alpha value is -1.84. The predicted molar refractivity (Wildman–Crippen MR) is 89.2 cm³/mol. The van der Waals surface area contributed by atoms with Gasteiger partial charge < -0.3 is 9.80 Å². The average molecular weight is 312 g/mol. The topological polar surface area (TPSA) is 40.6 Å². The zero-order valence-corrected chi connectivity index (χ0v) is 13.5. The van der Waals surface area contributed by atoms with Gasteiger partial charge in [0.15, 0.2) is 0 Å². The van der Waals surface area contributed by atoms with E-state index in [0.717, 1.165) is 44.2 Å². The van der Waals surface area contributed by atoms with E-state index in [1.807, 2.05) is 28.0 Å². The van der Waals surface area contributed by atoms with Crippen LogP contribution in [0, 0.1) is 5.92 Å². The lowest BCUT2D eigenvalue weighted by molar-refractivity contribution is -0.142. The maximum atomic E-state index is 12.8. The van der Waals surface area contributed by atoms with E-state index in [4.69, 9.17) is 0 Å². The molecule has 1 aliphatic carbocycles. The van der Waals surface area contributed by atoms with Crippen molar-refractivity contribution < 1.29 is 9.59 Å². The van der Waals surface area contributed by atoms with Gasteiger partial charge in [-0.3, -0.25) is 9.59 Å². The highest BCUT2D eigenvalue weighted by atomic mass is 16.2. The zero-order chi connectivity index (χ0) is 15.8. The largest absolute Gasteiger partial charge is 0.331 e. The fraction of sp³-hybridized carbons (Fsp3) is 0.579. The Morgan fingerprint density at radius 3 is 2.65 bits per heavy atom. The van der Waals surface area contributed by atoms with Gasteiger partial charge in [-0.05, 0) is 37.3 Å². The number of para-hydroxylation sites is 1. The van der Waals surface area contributed by atoms with Crippen LogP contribution >= 0.6 is 0 Å². The quantitative estimate of drug-likeness (QED) is 0.800. The van der Waals surface area contributed by atoms with Crippen molar-refractivity contribution in [1.29, 1.82) is 0 Å². The van der Waals surface area contributed by atoms with Gasteiger partial charge in [0.05, 0.1) is 6.04 Å². The number of aryl methyl sites for hydroxylation is 1. The molecule has 1 aromatic carbocycles. The number of anilines is 1. The van der Waals surface area contributed by atoms with E-state index in [1.165, 1.54) is 12.0 Å². The first kappa shape index (κ1) is 14.7. The number of nitrogens with zero attached hydrogens (tertiary/aromatic N) is 2. The standard InChI is InChI=1S/C19H24N2O2/c22-18-13-20(19(23)15-7-2-1-3-8-15)12-16-11-10-14-6-4-5-9-17(14)21(16)18/h4-6,9,15-16H,1-3,7-8,10-13H2. The molecule has 2 fully saturated rings. The monoisotopic (exact) mass is 312 g/mol. The van der Waals surface area contributed by atoms with Crippen molar-refractivity contribution in [2.24, 2.45) is 5.92 Å². The molecule has 2 aliphatic heterocycles. The number of rotatable bonds is 1. The number of piperazine rings is 1. The van der Waals surface area contributed by atoms with Gasteiger partial charge in [0.25, 0.3) is 0 Å². The molecule has 1 atom stereocenters. The van der Waals surface area contributed by atoms with E-state index in [2.05, 4.69) is 6.07 Å². The second-order valence-electron chi connectivity index (χ2n) is 7.14. The third-order valence-electron chi connectivity index (χ3n) is 5.66. The molecule has 1 unspecified atom stereocenters. The van der Waals surface area contributed by atoms with Crippen LogP contribution < -0.4 is 4.90 Å². The van der Waals surface area contributed by atoms with E-state index in [9.17, 15) is 9.59 Å². The summed E-state index contributed by atoms with van der Waals surface area (Å²) in [5, 5.41) is 0. The van der Waals surface area contributed by atoms with E-state index in [0.29, 0.717) is 6.54 Å². The second-order valence-corrected chi connectivity index (χ2v) is 7.14. The van der Waals surface area contributed by atoms with Gasteiger partial charge in [-0.1, -0.05) is 37.5 Å². The number of hydrogen-bond donors (Lipinski definition) is 0. The van der Waals surface area contributed by atoms with Gasteiger partial charge in [0.2, 0.25) is 11.8 Å². The minimum Gasteiger partial charge on any atom is -0.331 e. The Bertz CT molecular complexity index is 622. The molecule has 0 aromatic heterocycles. The molecule has 23 heavy (non-hydrogen) atoms. The lowest BCUT2D eigenvalue weighted by Gasteiger charge is -2.45. The van der Waals surface area contributed by atoms with E-state index >= 15 is 0 Å². The van der Waals surface area contributed by atoms with Gasteiger partial charge >= 0.3 is 0 Å². The molecular formula is C19H24N2O2. The van der Waals surface area contributed by atoms with Crippen LogP contribution in [0.3, 0.4) is 0 Å². The highest BCUT2D eigenvalue weighted by molar-refractivity contribution is 5.99. The third kappa shape index (κ3) is 2.64. The number of fused-ring (bicyclic) bond motifs is 3. The Balaban J connectivity index is 1.52. The molecule has 2 heterocycles. The molecule has 122 valence electrons. The lowest BCUT2D eigenvalue weighted by atomic mass is 9.87. The summed E-state index contributed by atoms with van der Waals surface area (Å²) in [6, 6.07) is 8.33. The van der Waals surface area contributed by atoms with Crippen LogP contribution in [0.1, 0.15) is 44.1 Å². The molecule has 0 spiro atoms. The van der Waals surface area contributed by atoms with Crippen molar-refractivity contribution in [2.75, 3.05) is 18.0 Å². The number of carbonyl (C=O) groups is 2. The number of carbonyl (C=O) groups excluding carboxylic acids is 2. The highest BCUT2D eigenvalue weighted by Crippen LogP contribution is 2.34. The van der Waals surface area contributed by atoms with Gasteiger partial charge in [0.1, 0.15) is 6.54 Å². The van der Waals surface area contributed by atoms with E-state index in [1.54, 1.807) is 0 Å². The summed E-state index contributed by atoms with van der Waals surface area (Å²) < 4.78 is 0. The van der Waals surface area contributed by atoms with Crippen LogP contribution in [0.15, 0.2) is 24.3 Å². The molecule has 1 saturated carbocycles. The molecule has 4 heteroatoms. The highest BCUT2D eigenvalue weighted by Gasteiger charge is 2.39. The number of benzene rings is 1. The van der Waals surface area contributed by atoms with Gasteiger partial charge in [0, 0.05) is 18.2 Å².